The molecule has 1 aromatic carbocycles. The lowest BCUT2D eigenvalue weighted by Crippen LogP contribution is -2.46. The van der Waals surface area contributed by atoms with Gasteiger partial charge in [-0.15, -0.1) is 12.6 Å². The molecule has 1 aromatic rings. The van der Waals surface area contributed by atoms with Crippen molar-refractivity contribution >= 4 is 52.4 Å². The lowest BCUT2D eigenvalue weighted by Gasteiger charge is -2.33. The van der Waals surface area contributed by atoms with E-state index in [9.17, 15) is 4.79 Å². The smallest absolute Gasteiger partial charge is 0.271 e. The molecule has 0 saturated carbocycles. The van der Waals surface area contributed by atoms with Gasteiger partial charge in [0.1, 0.15) is 10.1 Å². The molecule has 0 unspecified atom stereocenters. The summed E-state index contributed by atoms with van der Waals surface area (Å²) in [4.78, 5) is 12.9. The number of amides is 1. The Balaban J connectivity index is 3.27. The number of hydrogen-bond donors (Lipinski definition) is 2. The zero-order valence-corrected chi connectivity index (χ0v) is 16.2. The van der Waals surface area contributed by atoms with Gasteiger partial charge in [0.25, 0.3) is 5.91 Å². The molecule has 0 bridgehead atoms. The average Bonchev–Trinajstić information content (AvgIpc) is 2.52. The summed E-state index contributed by atoms with van der Waals surface area (Å²) in [5.74, 6) is 0.270. The van der Waals surface area contributed by atoms with E-state index in [-0.39, 0.29) is 10.2 Å². The van der Waals surface area contributed by atoms with Gasteiger partial charge >= 0.3 is 0 Å². The highest BCUT2D eigenvalue weighted by Gasteiger charge is 2.24. The summed E-state index contributed by atoms with van der Waals surface area (Å²) in [5, 5.41) is 6.87. The number of anilines is 1. The van der Waals surface area contributed by atoms with Crippen molar-refractivity contribution in [2.24, 2.45) is 0 Å². The molecule has 0 fully saturated rings. The monoisotopic (exact) mass is 375 g/mol. The van der Waals surface area contributed by atoms with Gasteiger partial charge in [-0.25, -0.2) is 5.01 Å². The first-order chi connectivity index (χ1) is 10.9. The van der Waals surface area contributed by atoms with Crippen LogP contribution < -0.4 is 10.1 Å². The van der Waals surface area contributed by atoms with E-state index in [1.807, 2.05) is 25.8 Å². The number of halogens is 1. The molecular formula is C15H22ClN3O2S2. The van der Waals surface area contributed by atoms with E-state index in [0.717, 1.165) is 13.1 Å². The third-order valence-corrected chi connectivity index (χ3v) is 3.89. The molecule has 8 heteroatoms. The maximum Gasteiger partial charge on any atom is 0.271 e. The molecule has 0 atom stereocenters. The molecule has 0 aliphatic carbocycles. The van der Waals surface area contributed by atoms with E-state index in [0.29, 0.717) is 28.6 Å². The normalized spacial score (nSPS) is 10.6. The van der Waals surface area contributed by atoms with Crippen molar-refractivity contribution in [2.75, 3.05) is 32.1 Å². The number of ether oxygens (including phenoxy) is 1. The molecule has 5 nitrogen and oxygen atoms in total. The summed E-state index contributed by atoms with van der Waals surface area (Å²) >= 11 is 15.2. The third kappa shape index (κ3) is 4.97. The van der Waals surface area contributed by atoms with Gasteiger partial charge < -0.3 is 10.1 Å². The Kier molecular flexibility index (Phi) is 8.11. The first kappa shape index (κ1) is 20.0. The van der Waals surface area contributed by atoms with Crippen molar-refractivity contribution in [1.82, 2.24) is 10.0 Å². The Morgan fingerprint density at radius 1 is 1.30 bits per heavy atom. The Morgan fingerprint density at radius 2 is 1.91 bits per heavy atom. The van der Waals surface area contributed by atoms with Crippen molar-refractivity contribution in [2.45, 2.75) is 20.8 Å². The van der Waals surface area contributed by atoms with Crippen molar-refractivity contribution in [1.29, 1.82) is 0 Å². The van der Waals surface area contributed by atoms with Gasteiger partial charge in [0, 0.05) is 25.7 Å². The summed E-state index contributed by atoms with van der Waals surface area (Å²) in [6, 6.07) is 3.23. The van der Waals surface area contributed by atoms with Crippen LogP contribution in [0.5, 0.6) is 5.75 Å². The Bertz CT molecular complexity index is 580. The van der Waals surface area contributed by atoms with Crippen LogP contribution >= 0.6 is 36.4 Å². The second-order valence-electron chi connectivity index (χ2n) is 4.62. The maximum atomic E-state index is 12.9. The number of thiocarbonyl (C=S) groups is 1. The van der Waals surface area contributed by atoms with Gasteiger partial charge in [0.15, 0.2) is 0 Å². The summed E-state index contributed by atoms with van der Waals surface area (Å²) in [7, 11) is 1.51. The highest BCUT2D eigenvalue weighted by atomic mass is 35.5. The Labute approximate surface area is 153 Å². The summed E-state index contributed by atoms with van der Waals surface area (Å²) in [5.41, 5.74) is 0.952. The van der Waals surface area contributed by atoms with Gasteiger partial charge in [-0.05, 0) is 13.0 Å². The number of hydrazine groups is 1. The van der Waals surface area contributed by atoms with Crippen LogP contribution in [-0.2, 0) is 0 Å². The van der Waals surface area contributed by atoms with Crippen LogP contribution in [0.2, 0.25) is 5.02 Å². The molecule has 0 spiro atoms. The van der Waals surface area contributed by atoms with Gasteiger partial charge in [-0.2, -0.15) is 0 Å². The minimum absolute atomic E-state index is 0.157. The molecule has 1 rings (SSSR count). The summed E-state index contributed by atoms with van der Waals surface area (Å²) in [6.45, 7) is 7.97. The molecule has 0 saturated heterocycles. The van der Waals surface area contributed by atoms with Crippen LogP contribution in [0, 0.1) is 0 Å². The van der Waals surface area contributed by atoms with E-state index in [2.05, 4.69) is 17.9 Å². The number of thiol groups is 1. The van der Waals surface area contributed by atoms with E-state index < -0.39 is 0 Å². The van der Waals surface area contributed by atoms with Crippen LogP contribution in [0.1, 0.15) is 31.1 Å². The van der Waals surface area contributed by atoms with Crippen LogP contribution in [0.4, 0.5) is 5.69 Å². The van der Waals surface area contributed by atoms with Gasteiger partial charge in [0.05, 0.1) is 23.4 Å². The molecular weight excluding hydrogens is 354 g/mol. The zero-order valence-electron chi connectivity index (χ0n) is 13.7. The predicted octanol–water partition coefficient (Wildman–Crippen LogP) is 3.69. The Hall–Kier alpha value is -1.02. The van der Waals surface area contributed by atoms with Crippen LogP contribution in [-0.4, -0.2) is 47.0 Å². The SMILES string of the molecule is CCN(CC)N(CC)C(=O)c1cc(Cl)c(NC(=S)S)cc1OC. The lowest BCUT2D eigenvalue weighted by atomic mass is 10.1. The Morgan fingerprint density at radius 3 is 2.35 bits per heavy atom. The summed E-state index contributed by atoms with van der Waals surface area (Å²) in [6.07, 6.45) is 0. The first-order valence-electron chi connectivity index (χ1n) is 7.33. The maximum absolute atomic E-state index is 12.9. The largest absolute Gasteiger partial charge is 0.496 e. The van der Waals surface area contributed by atoms with Crippen molar-refractivity contribution in [3.05, 3.63) is 22.7 Å². The number of nitrogens with one attached hydrogen (secondary N) is 1. The van der Waals surface area contributed by atoms with Gasteiger partial charge in [0.2, 0.25) is 0 Å². The fourth-order valence-corrected chi connectivity index (χ4v) is 2.72. The van der Waals surface area contributed by atoms with Crippen molar-refractivity contribution < 1.29 is 9.53 Å². The number of carbonyl (C=O) groups excluding carboxylic acids is 1. The molecule has 0 radical (unpaired) electrons. The van der Waals surface area contributed by atoms with Gasteiger partial charge in [-0.1, -0.05) is 37.7 Å². The van der Waals surface area contributed by atoms with E-state index >= 15 is 0 Å². The number of carbonyl (C=O) groups is 1. The van der Waals surface area contributed by atoms with E-state index in [4.69, 9.17) is 28.6 Å². The van der Waals surface area contributed by atoms with Crippen LogP contribution in [0.15, 0.2) is 12.1 Å². The quantitative estimate of drug-likeness (QED) is 0.432. The number of nitrogens with zero attached hydrogens (tertiary/aromatic N) is 2. The number of rotatable bonds is 7. The molecule has 0 aliphatic heterocycles. The molecule has 0 aliphatic rings. The van der Waals surface area contributed by atoms with Crippen LogP contribution in [0.25, 0.3) is 0 Å². The topological polar surface area (TPSA) is 44.8 Å². The molecule has 1 amide bonds. The fourth-order valence-electron chi connectivity index (χ4n) is 2.28. The molecule has 0 aromatic heterocycles. The highest BCUT2D eigenvalue weighted by molar-refractivity contribution is 8.11. The minimum atomic E-state index is -0.157. The second-order valence-corrected chi connectivity index (χ2v) is 6.19. The molecule has 23 heavy (non-hydrogen) atoms. The predicted molar refractivity (Wildman–Crippen MR) is 103 cm³/mol. The molecule has 0 heterocycles. The average molecular weight is 376 g/mol. The standard InChI is InChI=1S/C15H22ClN3O2S2/c1-5-18(6-2)19(7-3)14(20)10-8-11(16)12(17-15(22)23)9-13(10)21-4/h8-9H,5-7H2,1-4H3,(H2,17,22,23). The summed E-state index contributed by atoms with van der Waals surface area (Å²) < 4.78 is 5.64. The lowest BCUT2D eigenvalue weighted by molar-refractivity contribution is -0.00136. The number of hydrogen-bond acceptors (Lipinski definition) is 4. The van der Waals surface area contributed by atoms with Gasteiger partial charge in [-0.3, -0.25) is 9.80 Å². The minimum Gasteiger partial charge on any atom is -0.496 e. The number of methoxy groups -OCH3 is 1. The van der Waals surface area contributed by atoms with E-state index in [1.165, 1.54) is 7.11 Å². The molecule has 1 N–H and O–H groups in total. The van der Waals surface area contributed by atoms with E-state index in [1.54, 1.807) is 17.1 Å². The number of benzene rings is 1. The highest BCUT2D eigenvalue weighted by Crippen LogP contribution is 2.32. The third-order valence-electron chi connectivity index (χ3n) is 3.37. The zero-order chi connectivity index (χ0) is 17.6. The van der Waals surface area contributed by atoms with Crippen molar-refractivity contribution in [3.8, 4) is 5.75 Å². The molecule has 128 valence electrons. The fraction of sp³-hybridized carbons (Fsp3) is 0.467. The van der Waals surface area contributed by atoms with Crippen molar-refractivity contribution in [3.63, 3.8) is 0 Å². The second kappa shape index (κ2) is 9.32. The first-order valence-corrected chi connectivity index (χ1v) is 8.56. The van der Waals surface area contributed by atoms with Crippen LogP contribution in [0.3, 0.4) is 0 Å².